The molecule has 0 spiro atoms. The van der Waals surface area contributed by atoms with Crippen LogP contribution >= 0.6 is 23.5 Å². The summed E-state index contributed by atoms with van der Waals surface area (Å²) in [7, 11) is 0. The average molecular weight is 713 g/mol. The van der Waals surface area contributed by atoms with E-state index in [1.165, 1.54) is 57.9 Å². The second-order valence-electron chi connectivity index (χ2n) is 12.9. The number of fused-ring (bicyclic) bond motifs is 4. The van der Waals surface area contributed by atoms with Gasteiger partial charge >= 0.3 is 11.9 Å². The van der Waals surface area contributed by atoms with Gasteiger partial charge in [0, 0.05) is 64.1 Å². The van der Waals surface area contributed by atoms with Crippen LogP contribution in [0.5, 0.6) is 0 Å². The number of carboxylic acids is 2. The number of nitrogens with one attached hydrogen (secondary N) is 1. The van der Waals surface area contributed by atoms with Crippen molar-refractivity contribution in [2.75, 3.05) is 40.6 Å². The summed E-state index contributed by atoms with van der Waals surface area (Å²) in [4.78, 5) is 66.1. The number of β-lactam (4-membered cyclic amide) rings is 1. The van der Waals surface area contributed by atoms with E-state index in [1.807, 2.05) is 0 Å². The van der Waals surface area contributed by atoms with Gasteiger partial charge in [0.05, 0.1) is 11.3 Å². The Balaban J connectivity index is 1.10. The van der Waals surface area contributed by atoms with Crippen LogP contribution in [0.25, 0.3) is 33.4 Å². The van der Waals surface area contributed by atoms with Crippen LogP contribution in [0.4, 0.5) is 11.4 Å². The van der Waals surface area contributed by atoms with Crippen LogP contribution in [-0.4, -0.2) is 80.6 Å². The lowest BCUT2D eigenvalue weighted by Gasteiger charge is -2.48. The van der Waals surface area contributed by atoms with Crippen LogP contribution in [0, 0.1) is 0 Å². The number of nitrogens with two attached hydrogens (primary N) is 1. The van der Waals surface area contributed by atoms with E-state index in [0.29, 0.717) is 39.4 Å². The molecule has 2 unspecified atom stereocenters. The number of hydrogen-bond acceptors (Lipinski definition) is 10. The molecule has 0 saturated carbocycles. The smallest absolute Gasteiger partial charge is 0.352 e. The molecule has 0 bridgehead atoms. The first-order valence-electron chi connectivity index (χ1n) is 16.3. The Kier molecular flexibility index (Phi) is 8.11. The Bertz CT molecular complexity index is 2210. The van der Waals surface area contributed by atoms with E-state index in [1.54, 1.807) is 18.2 Å². The summed E-state index contributed by atoms with van der Waals surface area (Å²) in [5.74, 6) is -2.26. The van der Waals surface area contributed by atoms with Gasteiger partial charge in [0.2, 0.25) is 11.8 Å². The Morgan fingerprint density at radius 3 is 2.56 bits per heavy atom. The van der Waals surface area contributed by atoms with Crippen LogP contribution in [0.2, 0.25) is 0 Å². The van der Waals surface area contributed by atoms with Crippen LogP contribution in [-0.2, 0) is 27.2 Å². The van der Waals surface area contributed by atoms with E-state index in [0.717, 1.165) is 49.7 Å². The van der Waals surface area contributed by atoms with E-state index < -0.39 is 35.2 Å². The summed E-state index contributed by atoms with van der Waals surface area (Å²) in [5, 5.41) is 23.4. The fourth-order valence-electron chi connectivity index (χ4n) is 7.64. The van der Waals surface area contributed by atoms with Crippen LogP contribution in [0.3, 0.4) is 0 Å². The third-order valence-corrected chi connectivity index (χ3v) is 12.2. The quantitative estimate of drug-likeness (QED) is 0.151. The molecule has 2 aromatic rings. The Morgan fingerprint density at radius 2 is 1.78 bits per heavy atom. The van der Waals surface area contributed by atoms with Crippen molar-refractivity contribution in [1.82, 2.24) is 4.90 Å². The van der Waals surface area contributed by atoms with E-state index in [4.69, 9.17) is 10.2 Å². The van der Waals surface area contributed by atoms with Gasteiger partial charge in [-0.15, -0.1) is 23.5 Å². The van der Waals surface area contributed by atoms with E-state index >= 15 is 0 Å². The zero-order valence-corrected chi connectivity index (χ0v) is 28.3. The van der Waals surface area contributed by atoms with Gasteiger partial charge < -0.3 is 30.6 Å². The number of anilines is 2. The maximum absolute atomic E-state index is 13.0. The fourth-order valence-corrected chi connectivity index (χ4v) is 9.91. The van der Waals surface area contributed by atoms with Gasteiger partial charge in [0.25, 0.3) is 0 Å². The topological polar surface area (TPSA) is 183 Å². The highest BCUT2D eigenvalue weighted by molar-refractivity contribution is 8.01. The Labute approximate surface area is 294 Å². The molecule has 2 aromatic carbocycles. The van der Waals surface area contributed by atoms with Crippen LogP contribution < -0.4 is 21.4 Å². The molecule has 256 valence electrons. The number of carbonyl (C=O) groups excluding carboxylic acids is 2. The van der Waals surface area contributed by atoms with E-state index in [2.05, 4.69) is 16.3 Å². The van der Waals surface area contributed by atoms with Crippen molar-refractivity contribution in [3.63, 3.8) is 0 Å². The summed E-state index contributed by atoms with van der Waals surface area (Å²) in [6.45, 7) is 1.95. The number of amides is 2. The van der Waals surface area contributed by atoms with Gasteiger partial charge in [-0.05, 0) is 72.7 Å². The number of aromatic carboxylic acids is 1. The molecule has 8 rings (SSSR count). The Morgan fingerprint density at radius 1 is 1.00 bits per heavy atom. The Hall–Kier alpha value is -4.79. The first kappa shape index (κ1) is 32.4. The molecule has 0 radical (unpaired) electrons. The van der Waals surface area contributed by atoms with Gasteiger partial charge in [-0.2, -0.15) is 0 Å². The maximum atomic E-state index is 13.0. The van der Waals surface area contributed by atoms with E-state index in [-0.39, 0.29) is 33.9 Å². The van der Waals surface area contributed by atoms with Crippen molar-refractivity contribution >= 4 is 69.6 Å². The van der Waals surface area contributed by atoms with Crippen LogP contribution in [0.15, 0.2) is 62.9 Å². The molecular weight excluding hydrogens is 681 g/mol. The van der Waals surface area contributed by atoms with Gasteiger partial charge in [-0.1, -0.05) is 6.07 Å². The minimum atomic E-state index is -1.21. The maximum Gasteiger partial charge on any atom is 0.352 e. The third kappa shape index (κ3) is 5.33. The number of hydrogen-bond donors (Lipinski definition) is 4. The van der Waals surface area contributed by atoms with E-state index in [9.17, 15) is 34.2 Å². The molecule has 12 nitrogen and oxygen atoms in total. The van der Waals surface area contributed by atoms with Crippen molar-refractivity contribution in [3.8, 4) is 22.5 Å². The highest BCUT2D eigenvalue weighted by atomic mass is 32.2. The van der Waals surface area contributed by atoms with Gasteiger partial charge in [0.1, 0.15) is 28.5 Å². The number of thioether (sulfide) groups is 2. The molecule has 14 heteroatoms. The number of aliphatic carboxylic acids is 1. The largest absolute Gasteiger partial charge is 0.478 e. The van der Waals surface area contributed by atoms with Crippen molar-refractivity contribution in [2.45, 2.75) is 37.1 Å². The predicted molar refractivity (Wildman–Crippen MR) is 192 cm³/mol. The first-order valence-corrected chi connectivity index (χ1v) is 18.5. The molecule has 0 aromatic heterocycles. The number of nitrogens with zero attached hydrogens (tertiary/aromatic N) is 2. The normalized spacial score (nSPS) is 19.7. The molecule has 50 heavy (non-hydrogen) atoms. The lowest BCUT2D eigenvalue weighted by molar-refractivity contribution is -0.147. The number of aryl methyl sites for hydroxylation is 2. The zero-order chi connectivity index (χ0) is 34.8. The minimum absolute atomic E-state index is 0.0223. The summed E-state index contributed by atoms with van der Waals surface area (Å²) in [5.41, 5.74) is 12.2. The highest BCUT2D eigenvalue weighted by Crippen LogP contribution is 2.48. The molecule has 5 aliphatic heterocycles. The van der Waals surface area contributed by atoms with Crippen molar-refractivity contribution in [2.24, 2.45) is 5.73 Å². The third-order valence-electron chi connectivity index (χ3n) is 9.78. The number of carbonyl (C=O) groups is 4. The molecule has 1 saturated heterocycles. The summed E-state index contributed by atoms with van der Waals surface area (Å²) < 4.78 is 6.47. The summed E-state index contributed by atoms with van der Waals surface area (Å²) in [6, 6.07) is 10.7. The molecule has 5 heterocycles. The minimum Gasteiger partial charge on any atom is -0.478 e. The second-order valence-corrected chi connectivity index (χ2v) is 15.0. The molecule has 5 N–H and O–H groups in total. The lowest BCUT2D eigenvalue weighted by atomic mass is 9.85. The van der Waals surface area contributed by atoms with Crippen LogP contribution in [0.1, 0.15) is 34.3 Å². The monoisotopic (exact) mass is 712 g/mol. The first-order chi connectivity index (χ1) is 24.1. The SMILES string of the molecule is NC1C(=O)N2C(C(=O)O)=C(CSCC(=O)Nc3ccc(-c4c5ccc(=O)cc-5oc5c6c7c(cc45)CCCN7CCC6)c(C(=O)O)c3)CSC12. The molecule has 2 atom stereocenters. The number of rotatable bonds is 8. The van der Waals surface area contributed by atoms with Gasteiger partial charge in [-0.25, -0.2) is 9.59 Å². The van der Waals surface area contributed by atoms with Crippen molar-refractivity contribution in [1.29, 1.82) is 0 Å². The highest BCUT2D eigenvalue weighted by Gasteiger charge is 2.51. The number of benzene rings is 3. The zero-order valence-electron chi connectivity index (χ0n) is 26.7. The van der Waals surface area contributed by atoms with Gasteiger partial charge in [-0.3, -0.25) is 19.3 Å². The summed E-state index contributed by atoms with van der Waals surface area (Å²) >= 11 is 2.60. The molecule has 1 fully saturated rings. The lowest BCUT2D eigenvalue weighted by Crippen LogP contribution is -2.68. The number of carboxylic acid groups (broad SMARTS) is 2. The molecule has 6 aliphatic rings. The summed E-state index contributed by atoms with van der Waals surface area (Å²) in [6.07, 6.45) is 3.71. The molecule has 1 aliphatic carbocycles. The molecule has 2 amide bonds. The van der Waals surface area contributed by atoms with Crippen molar-refractivity contribution < 1.29 is 33.8 Å². The molecular formula is C36H32N4O8S2. The fraction of sp³-hybridized carbons (Fsp3) is 0.306. The van der Waals surface area contributed by atoms with Crippen molar-refractivity contribution in [3.05, 3.63) is 80.6 Å². The standard InChI is InChI=1S/C36H32N4O8S2/c37-29-33(43)40-31(36(46)47)18(15-50-34(29)40)14-49-16-27(42)38-19-5-7-21(24(12-19)35(44)45)28-22-8-6-20(41)13-26(22)48-32-23-4-2-10-39-9-1-3-17(30(23)39)11-25(28)32/h5-8,11-13,29,34H,1-4,9-10,14-16,37H2,(H,38,42)(H,44,45)(H,46,47). The predicted octanol–water partition coefficient (Wildman–Crippen LogP) is 4.21. The van der Waals surface area contributed by atoms with Gasteiger partial charge in [0.15, 0.2) is 5.43 Å². The average Bonchev–Trinajstić information content (AvgIpc) is 3.10. The second kappa shape index (κ2) is 12.5.